The van der Waals surface area contributed by atoms with Gasteiger partial charge < -0.3 is 0 Å². The third-order valence-electron chi connectivity index (χ3n) is 2.14. The average Bonchev–Trinajstić information content (AvgIpc) is 2.44. The van der Waals surface area contributed by atoms with Crippen LogP contribution in [0.1, 0.15) is 12.5 Å². The van der Waals surface area contributed by atoms with E-state index in [0.29, 0.717) is 0 Å². The molecule has 0 N–H and O–H groups in total. The Hall–Kier alpha value is -1.78. The molecule has 1 aliphatic carbocycles. The lowest BCUT2D eigenvalue weighted by Gasteiger charge is -1.97. The summed E-state index contributed by atoms with van der Waals surface area (Å²) in [6.07, 6.45) is 8.24. The molecule has 1 aliphatic rings. The fourth-order valence-electron chi connectivity index (χ4n) is 1.43. The maximum absolute atomic E-state index is 3.35. The minimum atomic E-state index is 1.15. The molecule has 0 heteroatoms. The van der Waals surface area contributed by atoms with E-state index in [-0.39, 0.29) is 0 Å². The maximum atomic E-state index is 3.35. The number of allylic oxidation sites excluding steroid dienone is 5. The molecule has 0 nitrogen and oxygen atoms in total. The molecule has 1 aromatic rings. The molecular formula is C14H12. The first-order chi connectivity index (χ1) is 6.86. The van der Waals surface area contributed by atoms with Crippen LogP contribution in [0, 0.1) is 0 Å². The van der Waals surface area contributed by atoms with E-state index in [4.69, 9.17) is 0 Å². The summed E-state index contributed by atoms with van der Waals surface area (Å²) in [5.41, 5.74) is 6.88. The fourth-order valence-corrected chi connectivity index (χ4v) is 1.43. The lowest BCUT2D eigenvalue weighted by atomic mass is 10.1. The van der Waals surface area contributed by atoms with Crippen LogP contribution in [-0.2, 0) is 0 Å². The molecule has 1 aromatic carbocycles. The first-order valence-electron chi connectivity index (χ1n) is 4.74. The zero-order chi connectivity index (χ0) is 9.80. The van der Waals surface area contributed by atoms with Gasteiger partial charge in [0.1, 0.15) is 0 Å². The smallest absolute Gasteiger partial charge is 0.0239 e. The Labute approximate surface area is 84.6 Å². The summed E-state index contributed by atoms with van der Waals surface area (Å²) >= 11 is 0. The molecule has 0 aromatic heterocycles. The van der Waals surface area contributed by atoms with Crippen LogP contribution in [0.5, 0.6) is 0 Å². The van der Waals surface area contributed by atoms with Crippen LogP contribution in [0.2, 0.25) is 0 Å². The van der Waals surface area contributed by atoms with Gasteiger partial charge >= 0.3 is 0 Å². The highest BCUT2D eigenvalue weighted by molar-refractivity contribution is 5.74. The van der Waals surface area contributed by atoms with Crippen LogP contribution in [0.15, 0.2) is 65.9 Å². The molecule has 0 amide bonds. The third kappa shape index (κ3) is 1.93. The zero-order valence-electron chi connectivity index (χ0n) is 8.20. The lowest BCUT2D eigenvalue weighted by molar-refractivity contribution is 1.54. The lowest BCUT2D eigenvalue weighted by Crippen LogP contribution is -1.77. The average molecular weight is 180 g/mol. The molecule has 0 heterocycles. The summed E-state index contributed by atoms with van der Waals surface area (Å²) in [6.45, 7) is 2.06. The summed E-state index contributed by atoms with van der Waals surface area (Å²) in [7, 11) is 0. The zero-order valence-corrected chi connectivity index (χ0v) is 8.20. The van der Waals surface area contributed by atoms with E-state index >= 15 is 0 Å². The quantitative estimate of drug-likeness (QED) is 0.577. The molecule has 14 heavy (non-hydrogen) atoms. The van der Waals surface area contributed by atoms with Gasteiger partial charge in [0.2, 0.25) is 0 Å². The summed E-state index contributed by atoms with van der Waals surface area (Å²) < 4.78 is 0. The van der Waals surface area contributed by atoms with Crippen molar-refractivity contribution in [1.82, 2.24) is 0 Å². The Bertz CT molecular complexity index is 438. The van der Waals surface area contributed by atoms with Gasteiger partial charge in [-0.2, -0.15) is 0 Å². The molecule has 2 rings (SSSR count). The van der Waals surface area contributed by atoms with E-state index in [9.17, 15) is 0 Å². The molecule has 0 fully saturated rings. The molecule has 0 saturated heterocycles. The number of hydrogen-bond acceptors (Lipinski definition) is 0. The van der Waals surface area contributed by atoms with Crippen LogP contribution in [0.25, 0.3) is 5.57 Å². The summed E-state index contributed by atoms with van der Waals surface area (Å²) in [5.74, 6) is 0. The first kappa shape index (κ1) is 8.80. The van der Waals surface area contributed by atoms with Crippen molar-refractivity contribution in [3.8, 4) is 0 Å². The normalized spacial score (nSPS) is 14.6. The van der Waals surface area contributed by atoms with Crippen LogP contribution >= 0.6 is 0 Å². The van der Waals surface area contributed by atoms with Gasteiger partial charge in [0.05, 0.1) is 0 Å². The highest BCUT2D eigenvalue weighted by Crippen LogP contribution is 2.16. The van der Waals surface area contributed by atoms with Gasteiger partial charge in [-0.05, 0) is 24.1 Å². The first-order valence-corrected chi connectivity index (χ1v) is 4.74. The summed E-state index contributed by atoms with van der Waals surface area (Å²) in [5, 5.41) is 0. The Morgan fingerprint density at radius 1 is 0.929 bits per heavy atom. The van der Waals surface area contributed by atoms with E-state index < -0.39 is 0 Å². The topological polar surface area (TPSA) is 0 Å². The SMILES string of the molecule is CC1=C=C(c2ccccc2)C=CC=C1. The highest BCUT2D eigenvalue weighted by atomic mass is 14.0. The molecule has 0 radical (unpaired) electrons. The Kier molecular flexibility index (Phi) is 2.48. The second kappa shape index (κ2) is 3.95. The van der Waals surface area contributed by atoms with Crippen molar-refractivity contribution in [3.63, 3.8) is 0 Å². The van der Waals surface area contributed by atoms with E-state index in [2.05, 4.69) is 36.9 Å². The second-order valence-electron chi connectivity index (χ2n) is 3.31. The molecule has 0 atom stereocenters. The van der Waals surface area contributed by atoms with Crippen molar-refractivity contribution in [2.24, 2.45) is 0 Å². The van der Waals surface area contributed by atoms with Crippen molar-refractivity contribution in [3.05, 3.63) is 71.5 Å². The predicted octanol–water partition coefficient (Wildman–Crippen LogP) is 3.74. The van der Waals surface area contributed by atoms with Gasteiger partial charge in [-0.1, -0.05) is 48.6 Å². The number of rotatable bonds is 1. The van der Waals surface area contributed by atoms with E-state index in [1.54, 1.807) is 0 Å². The number of benzene rings is 1. The molecule has 0 unspecified atom stereocenters. The maximum Gasteiger partial charge on any atom is 0.0239 e. The standard InChI is InChI=1S/C14H12/c1-12-7-5-6-10-14(11-12)13-8-3-2-4-9-13/h2-10H,1H3. The second-order valence-corrected chi connectivity index (χ2v) is 3.31. The summed E-state index contributed by atoms with van der Waals surface area (Å²) in [6, 6.07) is 10.3. The van der Waals surface area contributed by atoms with E-state index in [0.717, 1.165) is 11.1 Å². The molecule has 0 saturated carbocycles. The van der Waals surface area contributed by atoms with Gasteiger partial charge in [-0.15, -0.1) is 5.73 Å². The monoisotopic (exact) mass is 180 g/mol. The minimum Gasteiger partial charge on any atom is -0.109 e. The van der Waals surface area contributed by atoms with Crippen LogP contribution in [-0.4, -0.2) is 0 Å². The van der Waals surface area contributed by atoms with Gasteiger partial charge in [-0.25, -0.2) is 0 Å². The Morgan fingerprint density at radius 2 is 1.64 bits per heavy atom. The number of hydrogen-bond donors (Lipinski definition) is 0. The molecule has 0 aliphatic heterocycles. The predicted molar refractivity (Wildman–Crippen MR) is 60.8 cm³/mol. The van der Waals surface area contributed by atoms with Crippen molar-refractivity contribution in [2.75, 3.05) is 0 Å². The van der Waals surface area contributed by atoms with Gasteiger partial charge in [0.15, 0.2) is 0 Å². The van der Waals surface area contributed by atoms with Gasteiger partial charge in [0.25, 0.3) is 0 Å². The van der Waals surface area contributed by atoms with Crippen molar-refractivity contribution in [2.45, 2.75) is 6.92 Å². The molecule has 68 valence electrons. The molecular weight excluding hydrogens is 168 g/mol. The van der Waals surface area contributed by atoms with E-state index in [1.165, 1.54) is 5.56 Å². The Morgan fingerprint density at radius 3 is 2.43 bits per heavy atom. The van der Waals surface area contributed by atoms with Gasteiger partial charge in [-0.3, -0.25) is 0 Å². The Balaban J connectivity index is 2.51. The van der Waals surface area contributed by atoms with Crippen molar-refractivity contribution in [1.29, 1.82) is 0 Å². The molecule has 0 bridgehead atoms. The fraction of sp³-hybridized carbons (Fsp3) is 0.0714. The third-order valence-corrected chi connectivity index (χ3v) is 2.14. The largest absolute Gasteiger partial charge is 0.109 e. The van der Waals surface area contributed by atoms with Crippen LogP contribution < -0.4 is 0 Å². The highest BCUT2D eigenvalue weighted by Gasteiger charge is 1.96. The van der Waals surface area contributed by atoms with Crippen LogP contribution in [0.3, 0.4) is 0 Å². The van der Waals surface area contributed by atoms with Gasteiger partial charge in [0, 0.05) is 5.57 Å². The van der Waals surface area contributed by atoms with Crippen molar-refractivity contribution < 1.29 is 0 Å². The molecule has 0 spiro atoms. The van der Waals surface area contributed by atoms with Crippen molar-refractivity contribution >= 4 is 5.57 Å². The van der Waals surface area contributed by atoms with E-state index in [1.807, 2.05) is 30.4 Å². The minimum absolute atomic E-state index is 1.15. The van der Waals surface area contributed by atoms with Crippen LogP contribution in [0.4, 0.5) is 0 Å². The summed E-state index contributed by atoms with van der Waals surface area (Å²) in [4.78, 5) is 0.